The maximum absolute atomic E-state index is 4.16. The van der Waals surface area contributed by atoms with E-state index >= 15 is 0 Å². The lowest BCUT2D eigenvalue weighted by atomic mass is 10.6. The minimum absolute atomic E-state index is 1.04. The number of thiazole rings is 1. The smallest absolute Gasteiger partial charge is 0.142 e. The van der Waals surface area contributed by atoms with Crippen molar-refractivity contribution in [2.45, 2.75) is 26.6 Å². The zero-order chi connectivity index (χ0) is 9.64. The Morgan fingerprint density at radius 1 is 1.38 bits per heavy atom. The highest BCUT2D eigenvalue weighted by atomic mass is 32.1. The Morgan fingerprint density at radius 2 is 2.08 bits per heavy atom. The molecular formula is C8H13N3SSi. The summed E-state index contributed by atoms with van der Waals surface area (Å²) in [6, 6.07) is 0. The topological polar surface area (TPSA) is 30.2 Å². The molecule has 0 N–H and O–H groups in total. The van der Waals surface area contributed by atoms with Gasteiger partial charge in [-0.25, -0.2) is 4.52 Å². The van der Waals surface area contributed by atoms with E-state index in [-0.39, 0.29) is 0 Å². The molecule has 0 aliphatic carbocycles. The van der Waals surface area contributed by atoms with Gasteiger partial charge in [0.15, 0.2) is 0 Å². The molecule has 2 aromatic rings. The first-order valence-electron chi connectivity index (χ1n) is 4.30. The molecule has 0 saturated heterocycles. The fraction of sp³-hybridized carbons (Fsp3) is 0.500. The highest BCUT2D eigenvalue weighted by Gasteiger charge is 2.22. The van der Waals surface area contributed by atoms with Crippen molar-refractivity contribution in [3.05, 3.63) is 11.1 Å². The molecule has 0 fully saturated rings. The number of nitrogens with zero attached hydrogens (tertiary/aromatic N) is 3. The number of aromatic nitrogens is 3. The average molecular weight is 211 g/mol. The van der Waals surface area contributed by atoms with Crippen LogP contribution in [0.1, 0.15) is 5.69 Å². The predicted molar refractivity (Wildman–Crippen MR) is 58.6 cm³/mol. The molecule has 0 bridgehead atoms. The van der Waals surface area contributed by atoms with Gasteiger partial charge in [0.2, 0.25) is 0 Å². The molecule has 2 heterocycles. The summed E-state index contributed by atoms with van der Waals surface area (Å²) in [4.78, 5) is 1.19. The zero-order valence-electron chi connectivity index (χ0n) is 8.33. The van der Waals surface area contributed by atoms with Gasteiger partial charge in [0.1, 0.15) is 12.9 Å². The molecule has 2 aromatic heterocycles. The van der Waals surface area contributed by atoms with Gasteiger partial charge in [0.25, 0.3) is 0 Å². The second kappa shape index (κ2) is 2.65. The van der Waals surface area contributed by atoms with Crippen LogP contribution >= 0.6 is 11.3 Å². The van der Waals surface area contributed by atoms with Gasteiger partial charge in [0, 0.05) is 10.7 Å². The highest BCUT2D eigenvalue weighted by Crippen LogP contribution is 2.15. The van der Waals surface area contributed by atoms with E-state index in [1.165, 1.54) is 10.1 Å². The predicted octanol–water partition coefficient (Wildman–Crippen LogP) is 1.64. The van der Waals surface area contributed by atoms with Gasteiger partial charge in [0.05, 0.1) is 5.69 Å². The summed E-state index contributed by atoms with van der Waals surface area (Å²) >= 11 is 1.75. The van der Waals surface area contributed by atoms with E-state index in [1.807, 2.05) is 11.4 Å². The minimum atomic E-state index is -1.26. The van der Waals surface area contributed by atoms with Gasteiger partial charge in [-0.2, -0.15) is 0 Å². The van der Waals surface area contributed by atoms with Crippen LogP contribution in [-0.4, -0.2) is 22.9 Å². The Balaban J connectivity index is 2.72. The number of hydrogen-bond donors (Lipinski definition) is 0. The third-order valence-corrected chi connectivity index (χ3v) is 5.20. The molecular weight excluding hydrogens is 198 g/mol. The number of fused-ring (bicyclic) bond motifs is 1. The molecule has 0 spiro atoms. The third kappa shape index (κ3) is 1.32. The second-order valence-electron chi connectivity index (χ2n) is 4.26. The summed E-state index contributed by atoms with van der Waals surface area (Å²) in [5.74, 6) is 0. The second-order valence-corrected chi connectivity index (χ2v) is 10.1. The lowest BCUT2D eigenvalue weighted by Gasteiger charge is -2.12. The fourth-order valence-electron chi connectivity index (χ4n) is 1.30. The molecule has 2 rings (SSSR count). The first kappa shape index (κ1) is 8.90. The van der Waals surface area contributed by atoms with E-state index in [0.29, 0.717) is 0 Å². The molecule has 0 amide bonds. The number of hydrogen-bond acceptors (Lipinski definition) is 3. The molecule has 70 valence electrons. The van der Waals surface area contributed by atoms with Crippen molar-refractivity contribution >= 4 is 29.6 Å². The number of rotatable bonds is 1. The van der Waals surface area contributed by atoms with E-state index in [2.05, 4.69) is 35.3 Å². The zero-order valence-corrected chi connectivity index (χ0v) is 10.1. The third-order valence-electron chi connectivity index (χ3n) is 2.06. The Bertz CT molecular complexity index is 438. The summed E-state index contributed by atoms with van der Waals surface area (Å²) < 4.78 is 2.01. The average Bonchev–Trinajstić information content (AvgIpc) is 2.51. The van der Waals surface area contributed by atoms with Gasteiger partial charge >= 0.3 is 0 Å². The lowest BCUT2D eigenvalue weighted by Crippen LogP contribution is -2.40. The molecule has 0 aliphatic rings. The molecule has 0 aliphatic heterocycles. The quantitative estimate of drug-likeness (QED) is 0.671. The molecule has 5 heteroatoms. The molecule has 0 atom stereocenters. The van der Waals surface area contributed by atoms with Crippen LogP contribution in [0.15, 0.2) is 5.38 Å². The summed E-state index contributed by atoms with van der Waals surface area (Å²) in [7, 11) is -1.26. The summed E-state index contributed by atoms with van der Waals surface area (Å²) in [6.45, 7) is 8.98. The SMILES string of the molecule is Cc1nnn2c([Si](C)(C)C)csc12. The van der Waals surface area contributed by atoms with Crippen molar-refractivity contribution in [2.75, 3.05) is 0 Å². The maximum atomic E-state index is 4.16. The Hall–Kier alpha value is -0.683. The fourth-order valence-corrected chi connectivity index (χ4v) is 4.53. The molecule has 3 nitrogen and oxygen atoms in total. The molecule has 0 aromatic carbocycles. The van der Waals surface area contributed by atoms with Crippen LogP contribution in [-0.2, 0) is 0 Å². The monoisotopic (exact) mass is 211 g/mol. The summed E-state index contributed by atoms with van der Waals surface area (Å²) in [5.41, 5.74) is 1.04. The van der Waals surface area contributed by atoms with E-state index < -0.39 is 8.07 Å². The van der Waals surface area contributed by atoms with Crippen molar-refractivity contribution in [3.8, 4) is 0 Å². The van der Waals surface area contributed by atoms with Crippen LogP contribution < -0.4 is 5.32 Å². The Labute approximate surface area is 82.4 Å². The standard InChI is InChI=1S/C8H13N3SSi/c1-6-8-11(10-9-6)7(5-12-8)13(2,3)4/h5H,1-4H3. The van der Waals surface area contributed by atoms with Crippen molar-refractivity contribution in [2.24, 2.45) is 0 Å². The van der Waals surface area contributed by atoms with Gasteiger partial charge in [-0.05, 0) is 6.92 Å². The normalized spacial score (nSPS) is 12.6. The van der Waals surface area contributed by atoms with Crippen LogP contribution in [0.5, 0.6) is 0 Å². The van der Waals surface area contributed by atoms with Gasteiger partial charge in [-0.1, -0.05) is 24.9 Å². The van der Waals surface area contributed by atoms with E-state index in [0.717, 1.165) is 5.69 Å². The Morgan fingerprint density at radius 3 is 2.69 bits per heavy atom. The molecule has 0 saturated carbocycles. The van der Waals surface area contributed by atoms with Crippen molar-refractivity contribution < 1.29 is 0 Å². The van der Waals surface area contributed by atoms with Gasteiger partial charge in [-0.3, -0.25) is 0 Å². The van der Waals surface area contributed by atoms with E-state index in [1.54, 1.807) is 11.3 Å². The van der Waals surface area contributed by atoms with Crippen molar-refractivity contribution in [1.29, 1.82) is 0 Å². The molecule has 13 heavy (non-hydrogen) atoms. The lowest BCUT2D eigenvalue weighted by molar-refractivity contribution is 0.869. The van der Waals surface area contributed by atoms with Crippen LogP contribution in [0.3, 0.4) is 0 Å². The summed E-state index contributed by atoms with van der Waals surface area (Å²) in [6.07, 6.45) is 0. The largest absolute Gasteiger partial charge is 0.211 e. The number of aryl methyl sites for hydroxylation is 1. The van der Waals surface area contributed by atoms with Crippen LogP contribution in [0, 0.1) is 6.92 Å². The highest BCUT2D eigenvalue weighted by molar-refractivity contribution is 7.17. The first-order chi connectivity index (χ1) is 6.00. The van der Waals surface area contributed by atoms with Crippen LogP contribution in [0.4, 0.5) is 0 Å². The van der Waals surface area contributed by atoms with Crippen molar-refractivity contribution in [3.63, 3.8) is 0 Å². The van der Waals surface area contributed by atoms with E-state index in [4.69, 9.17) is 0 Å². The first-order valence-corrected chi connectivity index (χ1v) is 8.68. The molecule has 0 unspecified atom stereocenters. The Kier molecular flexibility index (Phi) is 1.81. The van der Waals surface area contributed by atoms with E-state index in [9.17, 15) is 0 Å². The van der Waals surface area contributed by atoms with Gasteiger partial charge < -0.3 is 0 Å². The van der Waals surface area contributed by atoms with Crippen LogP contribution in [0.2, 0.25) is 19.6 Å². The van der Waals surface area contributed by atoms with Gasteiger partial charge in [-0.15, -0.1) is 16.4 Å². The van der Waals surface area contributed by atoms with Crippen LogP contribution in [0.25, 0.3) is 4.83 Å². The summed E-state index contributed by atoms with van der Waals surface area (Å²) in [5, 5.41) is 11.8. The minimum Gasteiger partial charge on any atom is -0.211 e. The van der Waals surface area contributed by atoms with Crippen molar-refractivity contribution in [1.82, 2.24) is 14.8 Å². The molecule has 0 radical (unpaired) electrons. The maximum Gasteiger partial charge on any atom is 0.142 e.